The van der Waals surface area contributed by atoms with Gasteiger partial charge in [0.2, 0.25) is 0 Å². The van der Waals surface area contributed by atoms with Crippen LogP contribution in [0.15, 0.2) is 28.7 Å². The SMILES string of the molecule is CC(C)(C)OC(=O)N1CC2CC2(c2cc3cc(Br)ccc3s2)C1. The van der Waals surface area contributed by atoms with Crippen LogP contribution in [0, 0.1) is 5.92 Å². The third kappa shape index (κ3) is 2.68. The molecule has 23 heavy (non-hydrogen) atoms. The average Bonchev–Trinajstić information content (AvgIpc) is 2.82. The summed E-state index contributed by atoms with van der Waals surface area (Å²) in [4.78, 5) is 15.6. The molecule has 122 valence electrons. The molecule has 4 rings (SSSR count). The predicted octanol–water partition coefficient (Wildman–Crippen LogP) is 5.17. The molecule has 1 amide bonds. The van der Waals surface area contributed by atoms with Crippen LogP contribution in [0.5, 0.6) is 0 Å². The maximum absolute atomic E-state index is 12.3. The largest absolute Gasteiger partial charge is 0.444 e. The van der Waals surface area contributed by atoms with Gasteiger partial charge in [-0.05, 0) is 62.8 Å². The Bertz CT molecular complexity index is 794. The van der Waals surface area contributed by atoms with Crippen LogP contribution in [0.1, 0.15) is 32.1 Å². The molecule has 0 bridgehead atoms. The van der Waals surface area contributed by atoms with E-state index in [1.807, 2.05) is 37.0 Å². The molecule has 2 aromatic rings. The third-order valence-electron chi connectivity index (χ3n) is 4.77. The Hall–Kier alpha value is -1.07. The zero-order valence-electron chi connectivity index (χ0n) is 13.6. The average molecular weight is 394 g/mol. The van der Waals surface area contributed by atoms with Crippen molar-refractivity contribution in [1.82, 2.24) is 4.90 Å². The first kappa shape index (κ1) is 15.5. The monoisotopic (exact) mass is 393 g/mol. The molecular weight excluding hydrogens is 374 g/mol. The molecule has 1 aromatic heterocycles. The van der Waals surface area contributed by atoms with Crippen LogP contribution in [-0.2, 0) is 10.2 Å². The normalized spacial score (nSPS) is 26.4. The molecule has 2 fully saturated rings. The molecule has 1 saturated carbocycles. The lowest BCUT2D eigenvalue weighted by Crippen LogP contribution is -2.37. The molecule has 1 aliphatic heterocycles. The van der Waals surface area contributed by atoms with Crippen LogP contribution >= 0.6 is 27.3 Å². The molecular formula is C18H20BrNO2S. The number of hydrogen-bond donors (Lipinski definition) is 0. The number of nitrogens with zero attached hydrogens (tertiary/aromatic N) is 1. The number of fused-ring (bicyclic) bond motifs is 2. The van der Waals surface area contributed by atoms with Gasteiger partial charge in [0.15, 0.2) is 0 Å². The molecule has 2 heterocycles. The molecule has 1 saturated heterocycles. The van der Waals surface area contributed by atoms with Gasteiger partial charge in [-0.25, -0.2) is 4.79 Å². The van der Waals surface area contributed by atoms with Crippen LogP contribution in [0.25, 0.3) is 10.1 Å². The van der Waals surface area contributed by atoms with Crippen LogP contribution in [-0.4, -0.2) is 29.7 Å². The fraction of sp³-hybridized carbons (Fsp3) is 0.500. The van der Waals surface area contributed by atoms with Crippen molar-refractivity contribution in [3.63, 3.8) is 0 Å². The molecule has 0 spiro atoms. The molecule has 1 aromatic carbocycles. The number of ether oxygens (including phenoxy) is 1. The number of piperidine rings is 1. The first-order valence-electron chi connectivity index (χ1n) is 7.94. The maximum Gasteiger partial charge on any atom is 0.410 e. The van der Waals surface area contributed by atoms with Crippen molar-refractivity contribution in [2.75, 3.05) is 13.1 Å². The fourth-order valence-corrected chi connectivity index (χ4v) is 5.28. The van der Waals surface area contributed by atoms with E-state index in [1.165, 1.54) is 21.4 Å². The van der Waals surface area contributed by atoms with Crippen molar-refractivity contribution >= 4 is 43.4 Å². The standard InChI is InChI=1S/C18H20BrNO2S/c1-17(2,3)22-16(21)20-9-12-8-18(12,10-20)15-7-11-6-13(19)4-5-14(11)23-15/h4-7,12H,8-10H2,1-3H3. The number of benzene rings is 1. The summed E-state index contributed by atoms with van der Waals surface area (Å²) in [6.07, 6.45) is 1.02. The second-order valence-corrected chi connectivity index (χ2v) is 9.71. The first-order chi connectivity index (χ1) is 10.8. The Balaban J connectivity index is 1.57. The Kier molecular flexibility index (Phi) is 3.34. The fourth-order valence-electron chi connectivity index (χ4n) is 3.59. The maximum atomic E-state index is 12.3. The summed E-state index contributed by atoms with van der Waals surface area (Å²) in [7, 11) is 0. The molecule has 5 heteroatoms. The molecule has 2 unspecified atom stereocenters. The molecule has 3 nitrogen and oxygen atoms in total. The van der Waals surface area contributed by atoms with E-state index in [-0.39, 0.29) is 11.5 Å². The van der Waals surface area contributed by atoms with E-state index in [0.29, 0.717) is 5.92 Å². The quantitative estimate of drug-likeness (QED) is 0.668. The van der Waals surface area contributed by atoms with Crippen molar-refractivity contribution in [2.24, 2.45) is 5.92 Å². The molecule has 1 aliphatic carbocycles. The zero-order chi connectivity index (χ0) is 16.4. The lowest BCUT2D eigenvalue weighted by atomic mass is 10.0. The second kappa shape index (κ2) is 4.96. The highest BCUT2D eigenvalue weighted by Gasteiger charge is 2.62. The topological polar surface area (TPSA) is 29.5 Å². The van der Waals surface area contributed by atoms with Crippen LogP contribution in [0.2, 0.25) is 0 Å². The third-order valence-corrected chi connectivity index (χ3v) is 6.60. The van der Waals surface area contributed by atoms with Gasteiger partial charge in [0.1, 0.15) is 5.60 Å². The minimum absolute atomic E-state index is 0.173. The minimum atomic E-state index is -0.430. The number of carbonyl (C=O) groups excluding carboxylic acids is 1. The van der Waals surface area contributed by atoms with Crippen molar-refractivity contribution in [3.8, 4) is 0 Å². The van der Waals surface area contributed by atoms with E-state index in [4.69, 9.17) is 4.74 Å². The highest BCUT2D eigenvalue weighted by molar-refractivity contribution is 9.10. The predicted molar refractivity (Wildman–Crippen MR) is 97.1 cm³/mol. The molecule has 2 aliphatic rings. The number of amides is 1. The number of carbonyl (C=O) groups is 1. The Labute approximate surface area is 148 Å². The minimum Gasteiger partial charge on any atom is -0.444 e. The van der Waals surface area contributed by atoms with Gasteiger partial charge in [0, 0.05) is 32.6 Å². The van der Waals surface area contributed by atoms with E-state index in [0.717, 1.165) is 17.6 Å². The second-order valence-electron chi connectivity index (χ2n) is 7.71. The number of likely N-dealkylation sites (tertiary alicyclic amines) is 1. The zero-order valence-corrected chi connectivity index (χ0v) is 16.0. The number of rotatable bonds is 1. The van der Waals surface area contributed by atoms with Gasteiger partial charge in [0.25, 0.3) is 0 Å². The Morgan fingerprint density at radius 3 is 2.91 bits per heavy atom. The van der Waals surface area contributed by atoms with Gasteiger partial charge in [-0.3, -0.25) is 0 Å². The van der Waals surface area contributed by atoms with E-state index in [9.17, 15) is 4.79 Å². The van der Waals surface area contributed by atoms with Crippen LogP contribution in [0.3, 0.4) is 0 Å². The van der Waals surface area contributed by atoms with E-state index < -0.39 is 5.60 Å². The van der Waals surface area contributed by atoms with Gasteiger partial charge >= 0.3 is 6.09 Å². The van der Waals surface area contributed by atoms with Crippen LogP contribution < -0.4 is 0 Å². The molecule has 0 N–H and O–H groups in total. The summed E-state index contributed by atoms with van der Waals surface area (Å²) in [5, 5.41) is 1.29. The summed E-state index contributed by atoms with van der Waals surface area (Å²) in [5.74, 6) is 0.589. The highest BCUT2D eigenvalue weighted by atomic mass is 79.9. The summed E-state index contributed by atoms with van der Waals surface area (Å²) in [5.41, 5.74) is -0.256. The van der Waals surface area contributed by atoms with Gasteiger partial charge < -0.3 is 9.64 Å². The van der Waals surface area contributed by atoms with Crippen molar-refractivity contribution < 1.29 is 9.53 Å². The van der Waals surface area contributed by atoms with Crippen LogP contribution in [0.4, 0.5) is 4.79 Å². The van der Waals surface area contributed by atoms with Gasteiger partial charge in [0.05, 0.1) is 0 Å². The summed E-state index contributed by atoms with van der Waals surface area (Å²) >= 11 is 5.41. The van der Waals surface area contributed by atoms with Gasteiger partial charge in [-0.1, -0.05) is 15.9 Å². The number of hydrogen-bond acceptors (Lipinski definition) is 3. The van der Waals surface area contributed by atoms with E-state index in [1.54, 1.807) is 0 Å². The Morgan fingerprint density at radius 2 is 2.17 bits per heavy atom. The molecule has 0 radical (unpaired) electrons. The molecule has 2 atom stereocenters. The van der Waals surface area contributed by atoms with Crippen molar-refractivity contribution in [2.45, 2.75) is 38.2 Å². The Morgan fingerprint density at radius 1 is 1.39 bits per heavy atom. The lowest BCUT2D eigenvalue weighted by molar-refractivity contribution is 0.0270. The summed E-state index contributed by atoms with van der Waals surface area (Å²) in [6, 6.07) is 8.74. The first-order valence-corrected chi connectivity index (χ1v) is 9.55. The van der Waals surface area contributed by atoms with Gasteiger partial charge in [-0.15, -0.1) is 11.3 Å². The summed E-state index contributed by atoms with van der Waals surface area (Å²) < 4.78 is 7.96. The summed E-state index contributed by atoms with van der Waals surface area (Å²) in [6.45, 7) is 7.37. The number of thiophene rings is 1. The van der Waals surface area contributed by atoms with E-state index in [2.05, 4.69) is 40.2 Å². The van der Waals surface area contributed by atoms with Crippen molar-refractivity contribution in [1.29, 1.82) is 0 Å². The highest BCUT2D eigenvalue weighted by Crippen LogP contribution is 2.61. The van der Waals surface area contributed by atoms with Crippen molar-refractivity contribution in [3.05, 3.63) is 33.6 Å². The number of halogens is 1. The van der Waals surface area contributed by atoms with E-state index >= 15 is 0 Å². The van der Waals surface area contributed by atoms with Gasteiger partial charge in [-0.2, -0.15) is 0 Å². The lowest BCUT2D eigenvalue weighted by Gasteiger charge is -2.26. The smallest absolute Gasteiger partial charge is 0.410 e.